The maximum Gasteiger partial charge on any atom is 0.330 e. The van der Waals surface area contributed by atoms with Crippen LogP contribution in [0.3, 0.4) is 0 Å². The van der Waals surface area contributed by atoms with Gasteiger partial charge in [0.25, 0.3) is 5.56 Å². The van der Waals surface area contributed by atoms with Crippen LogP contribution >= 0.6 is 0 Å². The molecule has 9 heteroatoms. The highest BCUT2D eigenvalue weighted by atomic mass is 16.5. The number of hydrogen-bond acceptors (Lipinski definition) is 6. The third kappa shape index (κ3) is 4.38. The summed E-state index contributed by atoms with van der Waals surface area (Å²) in [5.74, 6) is -0.360. The highest BCUT2D eigenvalue weighted by molar-refractivity contribution is 5.82. The second kappa shape index (κ2) is 8.51. The first kappa shape index (κ1) is 20.0. The van der Waals surface area contributed by atoms with Gasteiger partial charge in [0.15, 0.2) is 0 Å². The number of aromatic nitrogens is 2. The Bertz CT molecular complexity index is 939. The van der Waals surface area contributed by atoms with Crippen LogP contribution in [0, 0.1) is 6.92 Å². The molecule has 150 valence electrons. The summed E-state index contributed by atoms with van der Waals surface area (Å²) in [5.41, 5.74) is 6.25. The molecule has 1 aromatic heterocycles. The lowest BCUT2D eigenvalue weighted by atomic mass is 10.0. The van der Waals surface area contributed by atoms with Crippen LogP contribution in [0.2, 0.25) is 0 Å². The molecule has 1 aromatic carbocycles. The Morgan fingerprint density at radius 3 is 2.79 bits per heavy atom. The van der Waals surface area contributed by atoms with Gasteiger partial charge in [0.2, 0.25) is 5.91 Å². The van der Waals surface area contributed by atoms with E-state index in [0.29, 0.717) is 12.0 Å². The minimum atomic E-state index is -0.751. The van der Waals surface area contributed by atoms with E-state index in [1.165, 1.54) is 10.8 Å². The van der Waals surface area contributed by atoms with Crippen LogP contribution < -0.4 is 22.3 Å². The molecule has 1 amide bonds. The third-order valence-electron chi connectivity index (χ3n) is 4.84. The zero-order valence-electron chi connectivity index (χ0n) is 15.5. The van der Waals surface area contributed by atoms with E-state index in [1.807, 2.05) is 30.3 Å². The van der Waals surface area contributed by atoms with Gasteiger partial charge in [-0.25, -0.2) is 4.79 Å². The summed E-state index contributed by atoms with van der Waals surface area (Å²) in [5, 5.41) is 12.4. The molecule has 0 spiro atoms. The first-order valence-corrected chi connectivity index (χ1v) is 9.07. The Morgan fingerprint density at radius 1 is 1.39 bits per heavy atom. The second-order valence-electron chi connectivity index (χ2n) is 6.94. The van der Waals surface area contributed by atoms with Crippen molar-refractivity contribution >= 4 is 5.91 Å². The fourth-order valence-electron chi connectivity index (χ4n) is 3.27. The highest BCUT2D eigenvalue weighted by Crippen LogP contribution is 2.27. The SMILES string of the molecule is Cc1cn([C@@H]2C[C@@H](NC(=O)[C@@H](N)Cc3ccccc3)[C@H](CO)O2)c(=O)[nH]c1=O. The Hall–Kier alpha value is -2.75. The number of carbonyl (C=O) groups excluding carboxylic acids is 1. The van der Waals surface area contributed by atoms with Crippen molar-refractivity contribution in [3.63, 3.8) is 0 Å². The Labute approximate surface area is 161 Å². The molecule has 2 aromatic rings. The maximum absolute atomic E-state index is 12.5. The van der Waals surface area contributed by atoms with Crippen LogP contribution in [-0.2, 0) is 16.0 Å². The highest BCUT2D eigenvalue weighted by Gasteiger charge is 2.37. The van der Waals surface area contributed by atoms with Gasteiger partial charge < -0.3 is 20.9 Å². The van der Waals surface area contributed by atoms with Gasteiger partial charge in [-0.1, -0.05) is 30.3 Å². The van der Waals surface area contributed by atoms with Gasteiger partial charge in [0, 0.05) is 18.2 Å². The zero-order chi connectivity index (χ0) is 20.3. The van der Waals surface area contributed by atoms with Crippen molar-refractivity contribution in [3.05, 3.63) is 68.5 Å². The average molecular weight is 388 g/mol. The maximum atomic E-state index is 12.5. The molecule has 5 N–H and O–H groups in total. The summed E-state index contributed by atoms with van der Waals surface area (Å²) in [6.07, 6.45) is 0.658. The predicted octanol–water partition coefficient (Wildman–Crippen LogP) is -0.820. The number of H-pyrrole nitrogens is 1. The molecule has 9 nitrogen and oxygen atoms in total. The zero-order valence-corrected chi connectivity index (χ0v) is 15.5. The molecule has 0 unspecified atom stereocenters. The molecule has 1 fully saturated rings. The van der Waals surface area contributed by atoms with Gasteiger partial charge in [0.1, 0.15) is 12.3 Å². The third-order valence-corrected chi connectivity index (χ3v) is 4.84. The monoisotopic (exact) mass is 388 g/mol. The van der Waals surface area contributed by atoms with Gasteiger partial charge in [-0.05, 0) is 18.9 Å². The quantitative estimate of drug-likeness (QED) is 0.510. The van der Waals surface area contributed by atoms with E-state index in [0.717, 1.165) is 5.56 Å². The van der Waals surface area contributed by atoms with Crippen LogP contribution in [-0.4, -0.2) is 45.4 Å². The van der Waals surface area contributed by atoms with Crippen molar-refractivity contribution in [1.82, 2.24) is 14.9 Å². The number of hydrogen-bond donors (Lipinski definition) is 4. The summed E-state index contributed by atoms with van der Waals surface area (Å²) < 4.78 is 6.98. The Balaban J connectivity index is 1.68. The number of nitrogens with zero attached hydrogens (tertiary/aromatic N) is 1. The van der Waals surface area contributed by atoms with E-state index in [-0.39, 0.29) is 18.9 Å². The number of nitrogens with two attached hydrogens (primary N) is 1. The first-order chi connectivity index (χ1) is 13.4. The summed E-state index contributed by atoms with van der Waals surface area (Å²) in [6, 6.07) is 8.16. The number of carbonyl (C=O) groups is 1. The number of aliphatic hydroxyl groups is 1. The standard InChI is InChI=1S/C19H24N4O5/c1-11-9-23(19(27)22-17(11)25)16-8-14(15(10-24)28-16)21-18(26)13(20)7-12-5-3-2-4-6-12/h2-6,9,13-16,24H,7-8,10,20H2,1H3,(H,21,26)(H,22,25,27)/t13-,14+,15-,16-/m0/s1. The van der Waals surface area contributed by atoms with E-state index in [4.69, 9.17) is 10.5 Å². The van der Waals surface area contributed by atoms with Gasteiger partial charge in [-0.2, -0.15) is 0 Å². The number of nitrogens with one attached hydrogen (secondary N) is 2. The lowest BCUT2D eigenvalue weighted by Crippen LogP contribution is -2.49. The van der Waals surface area contributed by atoms with Crippen molar-refractivity contribution < 1.29 is 14.6 Å². The fourth-order valence-corrected chi connectivity index (χ4v) is 3.27. The fraction of sp³-hybridized carbons (Fsp3) is 0.421. The van der Waals surface area contributed by atoms with Gasteiger partial charge in [-0.3, -0.25) is 19.1 Å². The van der Waals surface area contributed by atoms with E-state index in [2.05, 4.69) is 10.3 Å². The van der Waals surface area contributed by atoms with Crippen LogP contribution in [0.5, 0.6) is 0 Å². The topological polar surface area (TPSA) is 139 Å². The van der Waals surface area contributed by atoms with Crippen LogP contribution in [0.4, 0.5) is 0 Å². The molecule has 0 radical (unpaired) electrons. The average Bonchev–Trinajstić information content (AvgIpc) is 3.08. The molecule has 1 aliphatic rings. The Morgan fingerprint density at radius 2 is 2.11 bits per heavy atom. The second-order valence-corrected chi connectivity index (χ2v) is 6.94. The molecule has 1 saturated heterocycles. The molecule has 0 bridgehead atoms. The van der Waals surface area contributed by atoms with Crippen LogP contribution in [0.25, 0.3) is 0 Å². The smallest absolute Gasteiger partial charge is 0.330 e. The molecular weight excluding hydrogens is 364 g/mol. The number of aliphatic hydroxyl groups excluding tert-OH is 1. The minimum absolute atomic E-state index is 0.264. The number of aromatic amines is 1. The molecule has 0 aliphatic carbocycles. The van der Waals surface area contributed by atoms with Crippen molar-refractivity contribution in [2.75, 3.05) is 6.61 Å². The van der Waals surface area contributed by atoms with Crippen molar-refractivity contribution in [2.24, 2.45) is 5.73 Å². The van der Waals surface area contributed by atoms with Crippen molar-refractivity contribution in [3.8, 4) is 0 Å². The van der Waals surface area contributed by atoms with E-state index >= 15 is 0 Å². The molecule has 1 aliphatic heterocycles. The number of ether oxygens (including phenoxy) is 1. The molecule has 2 heterocycles. The van der Waals surface area contributed by atoms with Crippen molar-refractivity contribution in [2.45, 2.75) is 44.2 Å². The van der Waals surface area contributed by atoms with E-state index < -0.39 is 35.7 Å². The molecule has 4 atom stereocenters. The van der Waals surface area contributed by atoms with E-state index in [9.17, 15) is 19.5 Å². The first-order valence-electron chi connectivity index (χ1n) is 9.07. The van der Waals surface area contributed by atoms with Gasteiger partial charge >= 0.3 is 5.69 Å². The Kier molecular flexibility index (Phi) is 6.08. The van der Waals surface area contributed by atoms with E-state index in [1.54, 1.807) is 6.92 Å². The number of rotatable bonds is 6. The number of benzene rings is 1. The normalized spacial score (nSPS) is 22.8. The largest absolute Gasteiger partial charge is 0.394 e. The summed E-state index contributed by atoms with van der Waals surface area (Å²) in [6.45, 7) is 1.25. The summed E-state index contributed by atoms with van der Waals surface area (Å²) in [7, 11) is 0. The molecule has 28 heavy (non-hydrogen) atoms. The summed E-state index contributed by atoms with van der Waals surface area (Å²) in [4.78, 5) is 38.3. The lowest BCUT2D eigenvalue weighted by molar-refractivity contribution is -0.123. The van der Waals surface area contributed by atoms with Gasteiger partial charge in [0.05, 0.1) is 18.7 Å². The van der Waals surface area contributed by atoms with Crippen molar-refractivity contribution in [1.29, 1.82) is 0 Å². The molecule has 3 rings (SSSR count). The lowest BCUT2D eigenvalue weighted by Gasteiger charge is -2.20. The minimum Gasteiger partial charge on any atom is -0.394 e. The van der Waals surface area contributed by atoms with Crippen LogP contribution in [0.1, 0.15) is 23.8 Å². The summed E-state index contributed by atoms with van der Waals surface area (Å²) >= 11 is 0. The number of amides is 1. The number of aryl methyl sites for hydroxylation is 1. The van der Waals surface area contributed by atoms with Crippen LogP contribution in [0.15, 0.2) is 46.1 Å². The van der Waals surface area contributed by atoms with Gasteiger partial charge in [-0.15, -0.1) is 0 Å². The molecular formula is C19H24N4O5. The molecule has 0 saturated carbocycles. The predicted molar refractivity (Wildman–Crippen MR) is 102 cm³/mol.